The molecule has 0 radical (unpaired) electrons. The molecule has 1 N–H and O–H groups in total. The lowest BCUT2D eigenvalue weighted by Gasteiger charge is -2.30. The van der Waals surface area contributed by atoms with Crippen LogP contribution < -0.4 is 5.32 Å². The van der Waals surface area contributed by atoms with Gasteiger partial charge in [-0.2, -0.15) is 5.10 Å². The van der Waals surface area contributed by atoms with Crippen molar-refractivity contribution in [1.82, 2.24) is 14.7 Å². The number of piperidine rings is 1. The SMILES string of the molecule is Cc1nn(C)c(C)c1C(=O)C(=O)N1CCC(C(=O)Nc2ccccc2)CC1. The van der Waals surface area contributed by atoms with Gasteiger partial charge < -0.3 is 10.2 Å². The van der Waals surface area contributed by atoms with E-state index in [-0.39, 0.29) is 11.8 Å². The summed E-state index contributed by atoms with van der Waals surface area (Å²) in [5.74, 6) is -1.24. The first-order chi connectivity index (χ1) is 12.9. The highest BCUT2D eigenvalue weighted by Gasteiger charge is 2.32. The van der Waals surface area contributed by atoms with E-state index in [0.29, 0.717) is 42.9 Å². The number of nitrogens with zero attached hydrogens (tertiary/aromatic N) is 3. The molecule has 0 spiro atoms. The van der Waals surface area contributed by atoms with Crippen LogP contribution in [0.3, 0.4) is 0 Å². The monoisotopic (exact) mass is 368 g/mol. The average molecular weight is 368 g/mol. The van der Waals surface area contributed by atoms with Gasteiger partial charge in [0.05, 0.1) is 11.3 Å². The Morgan fingerprint density at radius 3 is 2.26 bits per heavy atom. The van der Waals surface area contributed by atoms with Crippen molar-refractivity contribution < 1.29 is 14.4 Å². The van der Waals surface area contributed by atoms with Crippen molar-refractivity contribution in [3.05, 3.63) is 47.3 Å². The van der Waals surface area contributed by atoms with Gasteiger partial charge in [-0.25, -0.2) is 0 Å². The van der Waals surface area contributed by atoms with E-state index in [1.54, 1.807) is 30.5 Å². The molecule has 0 bridgehead atoms. The zero-order chi connectivity index (χ0) is 19.6. The molecule has 0 atom stereocenters. The Kier molecular flexibility index (Phi) is 5.39. The minimum atomic E-state index is -0.523. The number of aromatic nitrogens is 2. The Morgan fingerprint density at radius 2 is 1.70 bits per heavy atom. The van der Waals surface area contributed by atoms with Crippen LogP contribution in [0.4, 0.5) is 5.69 Å². The fraction of sp³-hybridized carbons (Fsp3) is 0.400. The molecule has 2 aromatic rings. The predicted molar refractivity (Wildman–Crippen MR) is 101 cm³/mol. The smallest absolute Gasteiger partial charge is 0.295 e. The topological polar surface area (TPSA) is 84.3 Å². The molecule has 1 aliphatic rings. The molecule has 1 aromatic carbocycles. The van der Waals surface area contributed by atoms with Gasteiger partial charge in [0.1, 0.15) is 0 Å². The van der Waals surface area contributed by atoms with Crippen LogP contribution in [-0.4, -0.2) is 45.4 Å². The lowest BCUT2D eigenvalue weighted by molar-refractivity contribution is -0.130. The second-order valence-corrected chi connectivity index (χ2v) is 6.92. The van der Waals surface area contributed by atoms with Crippen LogP contribution >= 0.6 is 0 Å². The van der Waals surface area contributed by atoms with Gasteiger partial charge in [-0.3, -0.25) is 19.1 Å². The molecule has 142 valence electrons. The van der Waals surface area contributed by atoms with Crippen LogP contribution in [0.1, 0.15) is 34.6 Å². The van der Waals surface area contributed by atoms with E-state index in [1.807, 2.05) is 30.3 Å². The Hall–Kier alpha value is -2.96. The Morgan fingerprint density at radius 1 is 1.07 bits per heavy atom. The van der Waals surface area contributed by atoms with Crippen LogP contribution in [0.2, 0.25) is 0 Å². The summed E-state index contributed by atoms with van der Waals surface area (Å²) in [4.78, 5) is 39.2. The molecular weight excluding hydrogens is 344 g/mol. The number of benzene rings is 1. The first-order valence-corrected chi connectivity index (χ1v) is 9.08. The van der Waals surface area contributed by atoms with Gasteiger partial charge in [0.15, 0.2) is 0 Å². The van der Waals surface area contributed by atoms with E-state index in [2.05, 4.69) is 10.4 Å². The van der Waals surface area contributed by atoms with E-state index < -0.39 is 11.7 Å². The van der Waals surface area contributed by atoms with E-state index in [1.165, 1.54) is 0 Å². The molecule has 0 unspecified atom stereocenters. The third-order valence-electron chi connectivity index (χ3n) is 5.12. The molecule has 0 saturated carbocycles. The minimum Gasteiger partial charge on any atom is -0.336 e. The van der Waals surface area contributed by atoms with Crippen LogP contribution in [0.15, 0.2) is 30.3 Å². The zero-order valence-electron chi connectivity index (χ0n) is 15.9. The van der Waals surface area contributed by atoms with E-state index in [4.69, 9.17) is 0 Å². The zero-order valence-corrected chi connectivity index (χ0v) is 15.9. The molecule has 1 aromatic heterocycles. The normalized spacial score (nSPS) is 14.9. The van der Waals surface area contributed by atoms with E-state index in [9.17, 15) is 14.4 Å². The first kappa shape index (κ1) is 18.8. The molecule has 1 fully saturated rings. The van der Waals surface area contributed by atoms with Crippen molar-refractivity contribution in [2.24, 2.45) is 13.0 Å². The van der Waals surface area contributed by atoms with Crippen molar-refractivity contribution in [1.29, 1.82) is 0 Å². The van der Waals surface area contributed by atoms with Crippen LogP contribution in [0.25, 0.3) is 0 Å². The second-order valence-electron chi connectivity index (χ2n) is 6.92. The van der Waals surface area contributed by atoms with Crippen molar-refractivity contribution in [3.63, 3.8) is 0 Å². The molecule has 3 rings (SSSR count). The van der Waals surface area contributed by atoms with Crippen LogP contribution in [0.5, 0.6) is 0 Å². The summed E-state index contributed by atoms with van der Waals surface area (Å²) in [5, 5.41) is 7.11. The number of carbonyl (C=O) groups excluding carboxylic acids is 3. The summed E-state index contributed by atoms with van der Waals surface area (Å²) < 4.78 is 1.61. The molecule has 27 heavy (non-hydrogen) atoms. The van der Waals surface area contributed by atoms with Gasteiger partial charge in [-0.05, 0) is 38.8 Å². The number of likely N-dealkylation sites (tertiary alicyclic amines) is 1. The summed E-state index contributed by atoms with van der Waals surface area (Å²) in [6.07, 6.45) is 1.09. The number of amides is 2. The summed E-state index contributed by atoms with van der Waals surface area (Å²) >= 11 is 0. The number of aryl methyl sites for hydroxylation is 2. The molecule has 0 aliphatic carbocycles. The molecular formula is C20H24N4O3. The number of hydrogen-bond acceptors (Lipinski definition) is 4. The lowest BCUT2D eigenvalue weighted by Crippen LogP contribution is -2.44. The number of carbonyl (C=O) groups is 3. The fourth-order valence-corrected chi connectivity index (χ4v) is 3.46. The number of hydrogen-bond donors (Lipinski definition) is 1. The van der Waals surface area contributed by atoms with E-state index >= 15 is 0 Å². The van der Waals surface area contributed by atoms with Crippen molar-refractivity contribution in [2.45, 2.75) is 26.7 Å². The second kappa shape index (κ2) is 7.73. The molecule has 2 amide bonds. The molecule has 2 heterocycles. The highest BCUT2D eigenvalue weighted by molar-refractivity contribution is 6.43. The van der Waals surface area contributed by atoms with Crippen molar-refractivity contribution >= 4 is 23.3 Å². The van der Waals surface area contributed by atoms with Gasteiger partial charge >= 0.3 is 0 Å². The van der Waals surface area contributed by atoms with Crippen LogP contribution in [0, 0.1) is 19.8 Å². The molecule has 7 heteroatoms. The Balaban J connectivity index is 1.59. The summed E-state index contributed by atoms with van der Waals surface area (Å²) in [5.41, 5.74) is 2.39. The number of nitrogens with one attached hydrogen (secondary N) is 1. The summed E-state index contributed by atoms with van der Waals surface area (Å²) in [6.45, 7) is 4.31. The number of para-hydroxylation sites is 1. The third kappa shape index (κ3) is 3.92. The van der Waals surface area contributed by atoms with Gasteiger partial charge in [0, 0.05) is 37.4 Å². The molecule has 7 nitrogen and oxygen atoms in total. The summed E-state index contributed by atoms with van der Waals surface area (Å²) in [6, 6.07) is 9.31. The quantitative estimate of drug-likeness (QED) is 0.662. The van der Waals surface area contributed by atoms with Gasteiger partial charge in [-0.1, -0.05) is 18.2 Å². The maximum Gasteiger partial charge on any atom is 0.295 e. The minimum absolute atomic E-state index is 0.0430. The highest BCUT2D eigenvalue weighted by Crippen LogP contribution is 2.21. The van der Waals surface area contributed by atoms with Gasteiger partial charge in [-0.15, -0.1) is 0 Å². The average Bonchev–Trinajstić information content (AvgIpc) is 2.93. The molecule has 1 aliphatic heterocycles. The number of ketones is 1. The predicted octanol–water partition coefficient (Wildman–Crippen LogP) is 2.10. The largest absolute Gasteiger partial charge is 0.336 e. The number of anilines is 1. The maximum atomic E-state index is 12.6. The number of rotatable bonds is 4. The van der Waals surface area contributed by atoms with Gasteiger partial charge in [0.25, 0.3) is 11.7 Å². The van der Waals surface area contributed by atoms with Gasteiger partial charge in [0.2, 0.25) is 5.91 Å². The number of Topliss-reactive ketones (excluding diaryl/α,β-unsaturated/α-hetero) is 1. The van der Waals surface area contributed by atoms with Crippen molar-refractivity contribution in [2.75, 3.05) is 18.4 Å². The highest BCUT2D eigenvalue weighted by atomic mass is 16.2. The van der Waals surface area contributed by atoms with E-state index in [0.717, 1.165) is 5.69 Å². The fourth-order valence-electron chi connectivity index (χ4n) is 3.46. The standard InChI is InChI=1S/C20H24N4O3/c1-13-17(14(2)23(3)22-13)18(25)20(27)24-11-9-15(10-12-24)19(26)21-16-7-5-4-6-8-16/h4-8,15H,9-12H2,1-3H3,(H,21,26). The Labute approximate surface area is 158 Å². The first-order valence-electron chi connectivity index (χ1n) is 9.08. The third-order valence-corrected chi connectivity index (χ3v) is 5.12. The lowest BCUT2D eigenvalue weighted by atomic mass is 9.95. The Bertz CT molecular complexity index is 865. The van der Waals surface area contributed by atoms with Crippen LogP contribution in [-0.2, 0) is 16.6 Å². The maximum absolute atomic E-state index is 12.6. The summed E-state index contributed by atoms with van der Waals surface area (Å²) in [7, 11) is 1.75. The van der Waals surface area contributed by atoms with Crippen molar-refractivity contribution in [3.8, 4) is 0 Å². The molecule has 1 saturated heterocycles.